The summed E-state index contributed by atoms with van der Waals surface area (Å²) in [6.45, 7) is 7.10. The van der Waals surface area contributed by atoms with Crippen molar-refractivity contribution in [2.75, 3.05) is 31.1 Å². The Morgan fingerprint density at radius 1 is 1.15 bits per heavy atom. The number of nitrogens with one attached hydrogen (secondary N) is 1. The molecule has 2 amide bonds. The fourth-order valence-electron chi connectivity index (χ4n) is 3.17. The first-order valence-electron chi connectivity index (χ1n) is 8.89. The summed E-state index contributed by atoms with van der Waals surface area (Å²) in [5.41, 5.74) is 4.16. The highest BCUT2D eigenvalue weighted by molar-refractivity contribution is 5.76. The van der Waals surface area contributed by atoms with Crippen molar-refractivity contribution < 1.29 is 9.42 Å². The lowest BCUT2D eigenvalue weighted by atomic mass is 10.2. The van der Waals surface area contributed by atoms with E-state index in [4.69, 9.17) is 4.63 Å². The predicted molar refractivity (Wildman–Crippen MR) is 99.3 cm³/mol. The van der Waals surface area contributed by atoms with Gasteiger partial charge in [0.1, 0.15) is 16.9 Å². The normalized spacial score (nSPS) is 14.6. The molecule has 1 aromatic carbocycles. The van der Waals surface area contributed by atoms with E-state index >= 15 is 0 Å². The fraction of sp³-hybridized carbons (Fsp3) is 0.389. The largest absolute Gasteiger partial charge is 0.352 e. The maximum Gasteiger partial charge on any atom is 0.317 e. The van der Waals surface area contributed by atoms with Gasteiger partial charge in [0.05, 0.1) is 11.4 Å². The van der Waals surface area contributed by atoms with Crippen LogP contribution < -0.4 is 10.2 Å². The zero-order valence-corrected chi connectivity index (χ0v) is 15.3. The van der Waals surface area contributed by atoms with Crippen LogP contribution >= 0.6 is 0 Å². The number of hydrogen-bond acceptors (Lipinski definition) is 7. The number of carbonyl (C=O) groups excluding carboxylic acids is 1. The molecule has 3 aromatic rings. The van der Waals surface area contributed by atoms with Crippen molar-refractivity contribution in [3.05, 3.63) is 41.3 Å². The van der Waals surface area contributed by atoms with Gasteiger partial charge in [-0.2, -0.15) is 0 Å². The van der Waals surface area contributed by atoms with Crippen LogP contribution in [0.1, 0.15) is 17.0 Å². The third kappa shape index (κ3) is 3.67. The zero-order chi connectivity index (χ0) is 18.8. The molecule has 1 N–H and O–H groups in total. The first-order chi connectivity index (χ1) is 13.1. The number of rotatable bonds is 3. The van der Waals surface area contributed by atoms with Crippen LogP contribution in [-0.2, 0) is 6.54 Å². The highest BCUT2D eigenvalue weighted by Crippen LogP contribution is 2.17. The number of aromatic nitrogens is 4. The van der Waals surface area contributed by atoms with Gasteiger partial charge in [-0.25, -0.2) is 14.4 Å². The fourth-order valence-corrected chi connectivity index (χ4v) is 3.17. The van der Waals surface area contributed by atoms with Gasteiger partial charge >= 0.3 is 6.03 Å². The maximum absolute atomic E-state index is 12.5. The smallest absolute Gasteiger partial charge is 0.317 e. The number of fused-ring (bicyclic) bond motifs is 1. The Balaban J connectivity index is 1.32. The van der Waals surface area contributed by atoms with Gasteiger partial charge in [-0.3, -0.25) is 4.98 Å². The van der Waals surface area contributed by atoms with Crippen LogP contribution in [0.15, 0.2) is 29.0 Å². The number of aryl methyl sites for hydroxylation is 2. The first kappa shape index (κ1) is 17.2. The van der Waals surface area contributed by atoms with Crippen LogP contribution in [0.3, 0.4) is 0 Å². The Bertz CT molecular complexity index is 963. The van der Waals surface area contributed by atoms with E-state index in [0.29, 0.717) is 30.7 Å². The van der Waals surface area contributed by atoms with Crippen LogP contribution in [0.25, 0.3) is 11.0 Å². The number of anilines is 1. The molecule has 0 unspecified atom stereocenters. The third-order valence-electron chi connectivity index (χ3n) is 4.68. The highest BCUT2D eigenvalue weighted by Gasteiger charge is 2.23. The van der Waals surface area contributed by atoms with Gasteiger partial charge in [-0.05, 0) is 41.9 Å². The van der Waals surface area contributed by atoms with Gasteiger partial charge in [-0.1, -0.05) is 6.07 Å². The molecule has 0 bridgehead atoms. The number of nitrogens with zero attached hydrogens (tertiary/aromatic N) is 6. The summed E-state index contributed by atoms with van der Waals surface area (Å²) < 4.78 is 4.69. The van der Waals surface area contributed by atoms with Gasteiger partial charge in [-0.15, -0.1) is 0 Å². The quantitative estimate of drug-likeness (QED) is 0.751. The van der Waals surface area contributed by atoms with Crippen molar-refractivity contribution in [1.82, 2.24) is 30.5 Å². The van der Waals surface area contributed by atoms with Crippen molar-refractivity contribution in [3.63, 3.8) is 0 Å². The standard InChI is InChI=1S/C18H21N7O2/c1-12-10-19-13(2)17(21-12)24-5-7-25(8-6-24)18(26)20-11-14-3-4-15-16(9-14)23-27-22-15/h3-4,9-10H,5-8,11H2,1-2H3,(H,20,26). The van der Waals surface area contributed by atoms with E-state index in [-0.39, 0.29) is 6.03 Å². The number of amides is 2. The monoisotopic (exact) mass is 367 g/mol. The summed E-state index contributed by atoms with van der Waals surface area (Å²) in [5, 5.41) is 10.6. The average molecular weight is 367 g/mol. The van der Waals surface area contributed by atoms with Crippen LogP contribution in [0.4, 0.5) is 10.6 Å². The SMILES string of the molecule is Cc1cnc(C)c(N2CCN(C(=O)NCc3ccc4nonc4c3)CC2)n1. The Kier molecular flexibility index (Phi) is 4.57. The topological polar surface area (TPSA) is 100 Å². The lowest BCUT2D eigenvalue weighted by Crippen LogP contribution is -2.52. The molecule has 27 heavy (non-hydrogen) atoms. The summed E-state index contributed by atoms with van der Waals surface area (Å²) in [6, 6.07) is 5.53. The summed E-state index contributed by atoms with van der Waals surface area (Å²) >= 11 is 0. The molecule has 3 heterocycles. The highest BCUT2D eigenvalue weighted by atomic mass is 16.6. The molecule has 140 valence electrons. The minimum atomic E-state index is -0.0694. The van der Waals surface area contributed by atoms with Gasteiger partial charge < -0.3 is 15.1 Å². The van der Waals surface area contributed by atoms with E-state index < -0.39 is 0 Å². The van der Waals surface area contributed by atoms with Crippen molar-refractivity contribution >= 4 is 22.9 Å². The summed E-state index contributed by atoms with van der Waals surface area (Å²) in [5.74, 6) is 0.907. The molecular formula is C18H21N7O2. The second kappa shape index (κ2) is 7.18. The average Bonchev–Trinajstić information content (AvgIpc) is 3.16. The van der Waals surface area contributed by atoms with E-state index in [2.05, 4.69) is 30.5 Å². The Labute approximate surface area is 156 Å². The molecule has 4 rings (SSSR count). The third-order valence-corrected chi connectivity index (χ3v) is 4.68. The molecule has 2 aromatic heterocycles. The number of piperazine rings is 1. The molecule has 9 nitrogen and oxygen atoms in total. The molecule has 0 aliphatic carbocycles. The molecule has 0 spiro atoms. The zero-order valence-electron chi connectivity index (χ0n) is 15.3. The molecule has 1 aliphatic heterocycles. The molecule has 0 atom stereocenters. The number of urea groups is 1. The van der Waals surface area contributed by atoms with Gasteiger partial charge in [0.25, 0.3) is 0 Å². The van der Waals surface area contributed by atoms with E-state index in [0.717, 1.165) is 35.9 Å². The maximum atomic E-state index is 12.5. The predicted octanol–water partition coefficient (Wildman–Crippen LogP) is 1.66. The first-order valence-corrected chi connectivity index (χ1v) is 8.89. The number of carbonyl (C=O) groups is 1. The minimum absolute atomic E-state index is 0.0694. The molecule has 0 saturated carbocycles. The molecule has 1 aliphatic rings. The Hall–Kier alpha value is -3.23. The number of hydrogen-bond donors (Lipinski definition) is 1. The lowest BCUT2D eigenvalue weighted by Gasteiger charge is -2.35. The van der Waals surface area contributed by atoms with Crippen molar-refractivity contribution in [2.45, 2.75) is 20.4 Å². The van der Waals surface area contributed by atoms with E-state index in [1.165, 1.54) is 0 Å². The Morgan fingerprint density at radius 3 is 2.74 bits per heavy atom. The van der Waals surface area contributed by atoms with Crippen LogP contribution in [0.5, 0.6) is 0 Å². The summed E-state index contributed by atoms with van der Waals surface area (Å²) in [4.78, 5) is 25.4. The van der Waals surface area contributed by atoms with E-state index in [9.17, 15) is 4.79 Å². The molecule has 0 radical (unpaired) electrons. The van der Waals surface area contributed by atoms with Gasteiger partial charge in [0.2, 0.25) is 0 Å². The Morgan fingerprint density at radius 2 is 1.93 bits per heavy atom. The molecular weight excluding hydrogens is 346 g/mol. The number of benzene rings is 1. The van der Waals surface area contributed by atoms with Crippen molar-refractivity contribution in [3.8, 4) is 0 Å². The second-order valence-corrected chi connectivity index (χ2v) is 6.64. The van der Waals surface area contributed by atoms with Crippen molar-refractivity contribution in [2.24, 2.45) is 0 Å². The molecule has 1 fully saturated rings. The molecule has 1 saturated heterocycles. The van der Waals surface area contributed by atoms with Crippen LogP contribution in [0, 0.1) is 13.8 Å². The van der Waals surface area contributed by atoms with Crippen LogP contribution in [-0.4, -0.2) is 57.4 Å². The van der Waals surface area contributed by atoms with Crippen molar-refractivity contribution in [1.29, 1.82) is 0 Å². The van der Waals surface area contributed by atoms with E-state index in [1.54, 1.807) is 6.20 Å². The van der Waals surface area contributed by atoms with Gasteiger partial charge in [0, 0.05) is 38.9 Å². The summed E-state index contributed by atoms with van der Waals surface area (Å²) in [6.07, 6.45) is 1.77. The van der Waals surface area contributed by atoms with Crippen LogP contribution in [0.2, 0.25) is 0 Å². The second-order valence-electron chi connectivity index (χ2n) is 6.64. The van der Waals surface area contributed by atoms with Gasteiger partial charge in [0.15, 0.2) is 0 Å². The van der Waals surface area contributed by atoms with E-state index in [1.807, 2.05) is 36.9 Å². The molecule has 9 heteroatoms. The summed E-state index contributed by atoms with van der Waals surface area (Å²) in [7, 11) is 0. The minimum Gasteiger partial charge on any atom is -0.352 e. The lowest BCUT2D eigenvalue weighted by molar-refractivity contribution is 0.194.